The molecule has 20 heavy (non-hydrogen) atoms. The second kappa shape index (κ2) is 6.49. The number of rotatable bonds is 7. The summed E-state index contributed by atoms with van der Waals surface area (Å²) in [6.45, 7) is 8.14. The van der Waals surface area contributed by atoms with Crippen molar-refractivity contribution in [2.24, 2.45) is 0 Å². The van der Waals surface area contributed by atoms with E-state index in [1.165, 1.54) is 0 Å². The topological polar surface area (TPSA) is 67.4 Å². The Kier molecular flexibility index (Phi) is 4.93. The molecule has 0 saturated carbocycles. The maximum Gasteiger partial charge on any atom is 0.240 e. The molecule has 1 aliphatic heterocycles. The lowest BCUT2D eigenvalue weighted by Crippen LogP contribution is -2.27. The van der Waals surface area contributed by atoms with Crippen LogP contribution in [0, 0.1) is 0 Å². The standard InChI is InChI=1S/C14H20N2O3S/c1-11(2)10-19-6-5-16-20(17,18)14-4-3-12-8-15-9-13(12)7-14/h3-4,7,15-16H,1,5-6,8-10H2,2H3. The summed E-state index contributed by atoms with van der Waals surface area (Å²) in [5.74, 6) is 0. The number of fused-ring (bicyclic) bond motifs is 1. The zero-order valence-corrected chi connectivity index (χ0v) is 12.4. The van der Waals surface area contributed by atoms with Gasteiger partial charge in [-0.3, -0.25) is 0 Å². The number of nitrogens with one attached hydrogen (secondary N) is 2. The van der Waals surface area contributed by atoms with E-state index < -0.39 is 10.0 Å². The second-order valence-electron chi connectivity index (χ2n) is 4.94. The molecule has 1 aliphatic rings. The smallest absolute Gasteiger partial charge is 0.240 e. The van der Waals surface area contributed by atoms with Gasteiger partial charge >= 0.3 is 0 Å². The molecule has 5 nitrogen and oxygen atoms in total. The van der Waals surface area contributed by atoms with Gasteiger partial charge in [0.1, 0.15) is 0 Å². The molecule has 110 valence electrons. The van der Waals surface area contributed by atoms with Crippen LogP contribution in [0.15, 0.2) is 35.2 Å². The molecule has 0 aromatic heterocycles. The van der Waals surface area contributed by atoms with E-state index >= 15 is 0 Å². The van der Waals surface area contributed by atoms with Crippen LogP contribution in [0.1, 0.15) is 18.1 Å². The largest absolute Gasteiger partial charge is 0.376 e. The summed E-state index contributed by atoms with van der Waals surface area (Å²) in [5, 5.41) is 3.19. The average Bonchev–Trinajstić information content (AvgIpc) is 2.85. The van der Waals surface area contributed by atoms with Gasteiger partial charge in [0.05, 0.1) is 18.1 Å². The maximum absolute atomic E-state index is 12.1. The highest BCUT2D eigenvalue weighted by Crippen LogP contribution is 2.19. The van der Waals surface area contributed by atoms with Gasteiger partial charge in [-0.15, -0.1) is 0 Å². The predicted molar refractivity (Wildman–Crippen MR) is 77.8 cm³/mol. The van der Waals surface area contributed by atoms with Crippen LogP contribution in [-0.4, -0.2) is 28.2 Å². The first-order valence-corrected chi connectivity index (χ1v) is 8.02. The van der Waals surface area contributed by atoms with Crippen molar-refractivity contribution in [1.29, 1.82) is 0 Å². The third kappa shape index (κ3) is 3.89. The van der Waals surface area contributed by atoms with Gasteiger partial charge in [-0.25, -0.2) is 13.1 Å². The summed E-state index contributed by atoms with van der Waals surface area (Å²) >= 11 is 0. The molecular weight excluding hydrogens is 276 g/mol. The van der Waals surface area contributed by atoms with Crippen LogP contribution in [0.2, 0.25) is 0 Å². The molecule has 0 bridgehead atoms. The van der Waals surface area contributed by atoms with Gasteiger partial charge in [0.2, 0.25) is 10.0 Å². The molecular formula is C14H20N2O3S. The normalized spacial score (nSPS) is 14.2. The Morgan fingerprint density at radius 3 is 2.90 bits per heavy atom. The van der Waals surface area contributed by atoms with Crippen molar-refractivity contribution in [3.63, 3.8) is 0 Å². The van der Waals surface area contributed by atoms with E-state index in [0.717, 1.165) is 29.8 Å². The van der Waals surface area contributed by atoms with Gasteiger partial charge in [0.25, 0.3) is 0 Å². The second-order valence-corrected chi connectivity index (χ2v) is 6.71. The Hall–Kier alpha value is -1.21. The van der Waals surface area contributed by atoms with Crippen molar-refractivity contribution < 1.29 is 13.2 Å². The van der Waals surface area contributed by atoms with E-state index in [1.807, 2.05) is 13.0 Å². The van der Waals surface area contributed by atoms with Crippen LogP contribution < -0.4 is 10.0 Å². The van der Waals surface area contributed by atoms with Crippen LogP contribution in [0.5, 0.6) is 0 Å². The average molecular weight is 296 g/mol. The molecule has 0 unspecified atom stereocenters. The van der Waals surface area contributed by atoms with Crippen LogP contribution in [0.3, 0.4) is 0 Å². The van der Waals surface area contributed by atoms with E-state index in [4.69, 9.17) is 4.74 Å². The zero-order valence-electron chi connectivity index (χ0n) is 11.6. The molecule has 2 rings (SSSR count). The monoisotopic (exact) mass is 296 g/mol. The Bertz CT molecular complexity index is 596. The van der Waals surface area contributed by atoms with Crippen LogP contribution in [0.25, 0.3) is 0 Å². The van der Waals surface area contributed by atoms with Gasteiger partial charge < -0.3 is 10.1 Å². The molecule has 1 heterocycles. The van der Waals surface area contributed by atoms with Gasteiger partial charge in [-0.1, -0.05) is 18.2 Å². The van der Waals surface area contributed by atoms with E-state index in [0.29, 0.717) is 18.1 Å². The summed E-state index contributed by atoms with van der Waals surface area (Å²) in [7, 11) is -3.46. The van der Waals surface area contributed by atoms with E-state index in [1.54, 1.807) is 12.1 Å². The molecule has 1 aromatic carbocycles. The Morgan fingerprint density at radius 2 is 2.15 bits per heavy atom. The lowest BCUT2D eigenvalue weighted by molar-refractivity contribution is 0.162. The Balaban J connectivity index is 1.91. The molecule has 0 amide bonds. The SMILES string of the molecule is C=C(C)COCCNS(=O)(=O)c1ccc2c(c1)CNC2. The first-order valence-electron chi connectivity index (χ1n) is 6.53. The van der Waals surface area contributed by atoms with Crippen molar-refractivity contribution in [2.45, 2.75) is 24.9 Å². The number of sulfonamides is 1. The molecule has 1 aromatic rings. The zero-order chi connectivity index (χ0) is 14.6. The maximum atomic E-state index is 12.1. The summed E-state index contributed by atoms with van der Waals surface area (Å²) in [4.78, 5) is 0.305. The fourth-order valence-electron chi connectivity index (χ4n) is 2.02. The molecule has 0 atom stereocenters. The summed E-state index contributed by atoms with van der Waals surface area (Å²) in [6.07, 6.45) is 0. The van der Waals surface area contributed by atoms with E-state index in [2.05, 4.69) is 16.6 Å². The predicted octanol–water partition coefficient (Wildman–Crippen LogP) is 1.16. The fraction of sp³-hybridized carbons (Fsp3) is 0.429. The van der Waals surface area contributed by atoms with Crippen molar-refractivity contribution in [2.75, 3.05) is 19.8 Å². The first kappa shape index (κ1) is 15.2. The molecule has 2 N–H and O–H groups in total. The highest BCUT2D eigenvalue weighted by Gasteiger charge is 2.17. The van der Waals surface area contributed by atoms with Crippen LogP contribution in [-0.2, 0) is 27.8 Å². The highest BCUT2D eigenvalue weighted by atomic mass is 32.2. The lowest BCUT2D eigenvalue weighted by atomic mass is 10.1. The van der Waals surface area contributed by atoms with Gasteiger partial charge in [0, 0.05) is 19.6 Å². The third-order valence-electron chi connectivity index (χ3n) is 3.01. The molecule has 0 fully saturated rings. The molecule has 0 saturated heterocycles. The first-order chi connectivity index (χ1) is 9.49. The van der Waals surface area contributed by atoms with Crippen molar-refractivity contribution in [3.05, 3.63) is 41.5 Å². The minimum absolute atomic E-state index is 0.255. The summed E-state index contributed by atoms with van der Waals surface area (Å²) in [5.41, 5.74) is 3.12. The lowest BCUT2D eigenvalue weighted by Gasteiger charge is -2.08. The van der Waals surface area contributed by atoms with Gasteiger partial charge in [0.15, 0.2) is 0 Å². The molecule has 0 radical (unpaired) electrons. The number of ether oxygens (including phenoxy) is 1. The van der Waals surface area contributed by atoms with Crippen LogP contribution >= 0.6 is 0 Å². The van der Waals surface area contributed by atoms with Crippen molar-refractivity contribution >= 4 is 10.0 Å². The number of benzene rings is 1. The van der Waals surface area contributed by atoms with Gasteiger partial charge in [-0.2, -0.15) is 0 Å². The number of hydrogen-bond donors (Lipinski definition) is 2. The Labute approximate surface area is 120 Å². The Morgan fingerprint density at radius 1 is 1.40 bits per heavy atom. The van der Waals surface area contributed by atoms with Gasteiger partial charge in [-0.05, 0) is 30.2 Å². The molecule has 6 heteroatoms. The van der Waals surface area contributed by atoms with E-state index in [9.17, 15) is 8.42 Å². The summed E-state index contributed by atoms with van der Waals surface area (Å²) in [6, 6.07) is 5.23. The molecule has 0 spiro atoms. The van der Waals surface area contributed by atoms with Crippen molar-refractivity contribution in [1.82, 2.24) is 10.0 Å². The minimum atomic E-state index is -3.46. The summed E-state index contributed by atoms with van der Waals surface area (Å²) < 4.78 is 32.1. The fourth-order valence-corrected chi connectivity index (χ4v) is 3.08. The minimum Gasteiger partial charge on any atom is -0.376 e. The highest BCUT2D eigenvalue weighted by molar-refractivity contribution is 7.89. The van der Waals surface area contributed by atoms with Crippen molar-refractivity contribution in [3.8, 4) is 0 Å². The number of hydrogen-bond acceptors (Lipinski definition) is 4. The third-order valence-corrected chi connectivity index (χ3v) is 4.46. The molecule has 0 aliphatic carbocycles. The van der Waals surface area contributed by atoms with Crippen LogP contribution in [0.4, 0.5) is 0 Å². The van der Waals surface area contributed by atoms with E-state index in [-0.39, 0.29) is 6.54 Å². The quantitative estimate of drug-likeness (QED) is 0.585.